The zero-order valence-electron chi connectivity index (χ0n) is 30.9. The molecule has 0 radical (unpaired) electrons. The molecule has 0 amide bonds. The number of aromatic nitrogens is 2. The van der Waals surface area contributed by atoms with Crippen LogP contribution in [0, 0.1) is 11.8 Å². The summed E-state index contributed by atoms with van der Waals surface area (Å²) in [5, 5.41) is 0. The summed E-state index contributed by atoms with van der Waals surface area (Å²) in [7, 11) is 0. The molecule has 56 heavy (non-hydrogen) atoms. The van der Waals surface area contributed by atoms with Crippen molar-refractivity contribution in [1.82, 2.24) is 9.97 Å². The minimum atomic E-state index is 0.136. The number of hydrogen-bond donors (Lipinski definition) is 0. The Labute approximate surface area is 328 Å². The van der Waals surface area contributed by atoms with E-state index >= 15 is 0 Å². The minimum Gasteiger partial charge on any atom is -0.333 e. The molecule has 5 aromatic carbocycles. The molecule has 5 atom stereocenters. The molecule has 4 heteroatoms. The molecule has 5 unspecified atom stereocenters. The maximum Gasteiger partial charge on any atom is 0.230 e. The Morgan fingerprint density at radius 3 is 2.05 bits per heavy atom. The minimum absolute atomic E-state index is 0.136. The highest BCUT2D eigenvalue weighted by Gasteiger charge is 2.44. The van der Waals surface area contributed by atoms with Crippen molar-refractivity contribution < 1.29 is 0 Å². The molecule has 0 spiro atoms. The Kier molecular flexibility index (Phi) is 7.87. The lowest BCUT2D eigenvalue weighted by Crippen LogP contribution is -2.32. The molecule has 1 fully saturated rings. The maximum atomic E-state index is 5.08. The monoisotopic (exact) mass is 720 g/mol. The van der Waals surface area contributed by atoms with Crippen LogP contribution in [0.15, 0.2) is 217 Å². The molecule has 11 rings (SSSR count). The molecule has 5 aliphatic rings. The zero-order chi connectivity index (χ0) is 37.0. The highest BCUT2D eigenvalue weighted by atomic mass is 15.3. The van der Waals surface area contributed by atoms with Crippen LogP contribution in [0.2, 0.25) is 0 Å². The Morgan fingerprint density at radius 2 is 1.21 bits per heavy atom. The van der Waals surface area contributed by atoms with Crippen LogP contribution < -0.4 is 9.80 Å². The molecule has 0 bridgehead atoms. The fourth-order valence-electron chi connectivity index (χ4n) is 9.59. The lowest BCUT2D eigenvalue weighted by atomic mass is 9.79. The Hall–Kier alpha value is -6.78. The molecule has 2 aliphatic heterocycles. The van der Waals surface area contributed by atoms with Gasteiger partial charge in [0.05, 0.1) is 12.1 Å². The second-order valence-corrected chi connectivity index (χ2v) is 15.3. The summed E-state index contributed by atoms with van der Waals surface area (Å²) in [6.45, 7) is 0. The van der Waals surface area contributed by atoms with Crippen molar-refractivity contribution in [2.24, 2.45) is 11.8 Å². The number of hydrogen-bond acceptors (Lipinski definition) is 4. The third-order valence-corrected chi connectivity index (χ3v) is 12.2. The van der Waals surface area contributed by atoms with Gasteiger partial charge < -0.3 is 9.80 Å². The lowest BCUT2D eigenvalue weighted by Gasteiger charge is -2.31. The van der Waals surface area contributed by atoms with Gasteiger partial charge in [-0.3, -0.25) is 0 Å². The summed E-state index contributed by atoms with van der Waals surface area (Å²) < 4.78 is 0. The van der Waals surface area contributed by atoms with Gasteiger partial charge in [-0.25, -0.2) is 9.97 Å². The Balaban J connectivity index is 0.888. The molecule has 268 valence electrons. The molecular weight excluding hydrogens is 681 g/mol. The van der Waals surface area contributed by atoms with Crippen LogP contribution >= 0.6 is 0 Å². The molecule has 0 N–H and O–H groups in total. The molecule has 4 nitrogen and oxygen atoms in total. The maximum absolute atomic E-state index is 5.08. The van der Waals surface area contributed by atoms with Gasteiger partial charge >= 0.3 is 0 Å². The van der Waals surface area contributed by atoms with Crippen LogP contribution in [0.3, 0.4) is 0 Å². The van der Waals surface area contributed by atoms with E-state index in [2.05, 4.69) is 198 Å². The number of nitrogens with zero attached hydrogens (tertiary/aromatic N) is 4. The van der Waals surface area contributed by atoms with Gasteiger partial charge in [-0.15, -0.1) is 0 Å². The van der Waals surface area contributed by atoms with Crippen LogP contribution in [0.25, 0.3) is 33.4 Å². The van der Waals surface area contributed by atoms with Gasteiger partial charge in [0.25, 0.3) is 0 Å². The smallest absolute Gasteiger partial charge is 0.230 e. The van der Waals surface area contributed by atoms with Gasteiger partial charge in [0.15, 0.2) is 0 Å². The first-order valence-corrected chi connectivity index (χ1v) is 19.8. The number of para-hydroxylation sites is 2. The van der Waals surface area contributed by atoms with Crippen molar-refractivity contribution in [1.29, 1.82) is 0 Å². The third-order valence-electron chi connectivity index (χ3n) is 12.2. The van der Waals surface area contributed by atoms with Gasteiger partial charge in [0.1, 0.15) is 0 Å². The van der Waals surface area contributed by atoms with Crippen molar-refractivity contribution in [3.05, 3.63) is 223 Å². The van der Waals surface area contributed by atoms with E-state index in [0.29, 0.717) is 11.8 Å². The van der Waals surface area contributed by atoms with Gasteiger partial charge in [-0.05, 0) is 75.2 Å². The predicted molar refractivity (Wildman–Crippen MR) is 229 cm³/mol. The Morgan fingerprint density at radius 1 is 0.536 bits per heavy atom. The predicted octanol–water partition coefficient (Wildman–Crippen LogP) is 12.0. The van der Waals surface area contributed by atoms with E-state index in [9.17, 15) is 0 Å². The fourth-order valence-corrected chi connectivity index (χ4v) is 9.59. The van der Waals surface area contributed by atoms with E-state index < -0.39 is 0 Å². The summed E-state index contributed by atoms with van der Waals surface area (Å²) in [5.74, 6) is 1.61. The van der Waals surface area contributed by atoms with Crippen molar-refractivity contribution in [2.75, 3.05) is 9.80 Å². The molecule has 0 saturated carbocycles. The first-order chi connectivity index (χ1) is 27.8. The molecule has 6 aromatic rings. The van der Waals surface area contributed by atoms with Gasteiger partial charge in [-0.2, -0.15) is 0 Å². The SMILES string of the molecule is C1=CC2C3=CC(C4=CC5c6ccccc6N(c6ccccc6)C5C=C4)CC=C3N(c3ncc(-c4ccccc4-c4cccc(-c5ccccc5)c4)cn3)C2C=C1. The molecule has 3 heterocycles. The normalized spacial score (nSPS) is 22.8. The standard InChI is InChI=1S/C52H40N4/c1-3-14-35(15-4-1)36-16-13-17-39(30-36)42-20-7-8-21-43(42)40-33-53-52(54-34-40)56-49-25-12-10-23-45(49)47-32-38(27-29-51(47)56)37-26-28-50-46(31-37)44-22-9-11-24-48(44)55(50)41-18-5-2-6-19-41/h1-26,28-34,38,45-46,49-50H,27H2. The van der Waals surface area contributed by atoms with Crippen molar-refractivity contribution >= 4 is 17.3 Å². The lowest BCUT2D eigenvalue weighted by molar-refractivity contribution is 0.679. The van der Waals surface area contributed by atoms with E-state index in [-0.39, 0.29) is 18.0 Å². The first kappa shape index (κ1) is 32.6. The molecule has 3 aliphatic carbocycles. The van der Waals surface area contributed by atoms with E-state index in [4.69, 9.17) is 9.97 Å². The third kappa shape index (κ3) is 5.44. The van der Waals surface area contributed by atoms with Crippen LogP contribution in [0.5, 0.6) is 0 Å². The number of rotatable bonds is 6. The van der Waals surface area contributed by atoms with Crippen LogP contribution in [-0.4, -0.2) is 22.1 Å². The van der Waals surface area contributed by atoms with Gasteiger partial charge in [0.2, 0.25) is 5.95 Å². The van der Waals surface area contributed by atoms with Gasteiger partial charge in [0, 0.05) is 52.8 Å². The zero-order valence-corrected chi connectivity index (χ0v) is 30.9. The van der Waals surface area contributed by atoms with E-state index in [0.717, 1.165) is 23.5 Å². The summed E-state index contributed by atoms with van der Waals surface area (Å²) in [6.07, 6.45) is 26.3. The number of anilines is 3. The van der Waals surface area contributed by atoms with Crippen molar-refractivity contribution in [3.63, 3.8) is 0 Å². The average Bonchev–Trinajstić information content (AvgIpc) is 3.79. The second kappa shape index (κ2) is 13.5. The summed E-state index contributed by atoms with van der Waals surface area (Å²) in [5.41, 5.74) is 14.8. The quantitative estimate of drug-likeness (QED) is 0.171. The largest absolute Gasteiger partial charge is 0.333 e. The van der Waals surface area contributed by atoms with E-state index in [1.165, 1.54) is 56.0 Å². The number of allylic oxidation sites excluding steroid dienone is 7. The topological polar surface area (TPSA) is 32.3 Å². The van der Waals surface area contributed by atoms with Crippen molar-refractivity contribution in [2.45, 2.75) is 24.4 Å². The first-order valence-electron chi connectivity index (χ1n) is 19.8. The van der Waals surface area contributed by atoms with E-state index in [1.54, 1.807) is 0 Å². The molecular formula is C52H40N4. The highest BCUT2D eigenvalue weighted by Crippen LogP contribution is 2.51. The Bertz CT molecular complexity index is 2650. The summed E-state index contributed by atoms with van der Waals surface area (Å²) in [6, 6.07) is 48.1. The molecule has 1 saturated heterocycles. The van der Waals surface area contributed by atoms with E-state index in [1.807, 2.05) is 12.4 Å². The number of benzene rings is 5. The average molecular weight is 721 g/mol. The highest BCUT2D eigenvalue weighted by molar-refractivity contribution is 5.85. The number of fused-ring (bicyclic) bond motifs is 6. The molecule has 1 aromatic heterocycles. The van der Waals surface area contributed by atoms with Crippen LogP contribution in [0.4, 0.5) is 17.3 Å². The van der Waals surface area contributed by atoms with Gasteiger partial charge in [-0.1, -0.05) is 164 Å². The van der Waals surface area contributed by atoms with Crippen LogP contribution in [0.1, 0.15) is 17.9 Å². The van der Waals surface area contributed by atoms with Crippen molar-refractivity contribution in [3.8, 4) is 33.4 Å². The summed E-state index contributed by atoms with van der Waals surface area (Å²) in [4.78, 5) is 15.0. The fraction of sp³-hybridized carbons (Fsp3) is 0.115. The second-order valence-electron chi connectivity index (χ2n) is 15.3. The summed E-state index contributed by atoms with van der Waals surface area (Å²) >= 11 is 0. The van der Waals surface area contributed by atoms with Crippen LogP contribution in [-0.2, 0) is 0 Å².